The van der Waals surface area contributed by atoms with Crippen LogP contribution in [0.15, 0.2) is 12.2 Å². The highest BCUT2D eigenvalue weighted by Crippen LogP contribution is 2.43. The number of phosphoric acid groups is 1. The summed E-state index contributed by atoms with van der Waals surface area (Å²) in [5.41, 5.74) is 0. The molecule has 0 aromatic heterocycles. The minimum absolute atomic E-state index is 0.00558. The monoisotopic (exact) mass is 713 g/mol. The lowest BCUT2D eigenvalue weighted by molar-refractivity contribution is -0.870. The molecule has 0 bridgehead atoms. The maximum atomic E-state index is 12.9. The quantitative estimate of drug-likeness (QED) is 0.0258. The van der Waals surface area contributed by atoms with E-state index >= 15 is 0 Å². The van der Waals surface area contributed by atoms with E-state index in [0.717, 1.165) is 57.8 Å². The van der Waals surface area contributed by atoms with Gasteiger partial charge in [0.2, 0.25) is 5.91 Å². The van der Waals surface area contributed by atoms with Gasteiger partial charge in [0.25, 0.3) is 0 Å². The van der Waals surface area contributed by atoms with Gasteiger partial charge in [-0.05, 0) is 19.3 Å². The van der Waals surface area contributed by atoms with Crippen molar-refractivity contribution in [2.45, 2.75) is 193 Å². The molecule has 0 aliphatic carbocycles. The third-order valence-electron chi connectivity index (χ3n) is 8.36. The molecule has 0 radical (unpaired) electrons. The fraction of sp³-hybridized carbons (Fsp3) is 0.923. The van der Waals surface area contributed by atoms with Crippen LogP contribution in [0.1, 0.15) is 193 Å². The van der Waals surface area contributed by atoms with Gasteiger partial charge in [0.1, 0.15) is 13.2 Å². The van der Waals surface area contributed by atoms with Crippen molar-refractivity contribution < 1.29 is 45.2 Å². The van der Waals surface area contributed by atoms with Crippen LogP contribution in [0.25, 0.3) is 0 Å². The van der Waals surface area contributed by atoms with E-state index in [0.29, 0.717) is 30.3 Å². The number of nitrogens with zero attached hydrogens (tertiary/aromatic N) is 1. The van der Waals surface area contributed by atoms with Crippen LogP contribution in [0.3, 0.4) is 0 Å². The molecular weight excluding hydrogens is 623 g/mol. The van der Waals surface area contributed by atoms with E-state index < -0.39 is 52.5 Å². The molecule has 0 saturated heterocycles. The number of nitrogens with one attached hydrogen (secondary N) is 1. The van der Waals surface area contributed by atoms with Crippen molar-refractivity contribution in [3.8, 4) is 0 Å². The van der Waals surface area contributed by atoms with Crippen molar-refractivity contribution >= 4 is 13.7 Å². The molecule has 3 atom stereocenters. The molecule has 8 nitrogen and oxygen atoms in total. The number of likely N-dealkylation sites (N-methyl/N-ethyl adjacent to an activating group) is 1. The molecule has 0 rings (SSSR count). The molecule has 9 heteroatoms. The zero-order chi connectivity index (χ0) is 43.7. The normalized spacial score (nSPS) is 18.7. The van der Waals surface area contributed by atoms with Crippen molar-refractivity contribution in [2.75, 3.05) is 40.9 Å². The fourth-order valence-electron chi connectivity index (χ4n) is 5.29. The average Bonchev–Trinajstić information content (AvgIpc) is 3.09. The molecule has 3 N–H and O–H groups in total. The highest BCUT2D eigenvalue weighted by Gasteiger charge is 2.27. The van der Waals surface area contributed by atoms with E-state index in [9.17, 15) is 19.4 Å². The molecule has 286 valence electrons. The molecule has 0 spiro atoms. The summed E-state index contributed by atoms with van der Waals surface area (Å²) in [7, 11) is 1.38. The van der Waals surface area contributed by atoms with E-state index in [1.165, 1.54) is 57.8 Å². The Balaban J connectivity index is 4.65. The number of quaternary nitrogens is 1. The second-order valence-corrected chi connectivity index (χ2v) is 15.6. The van der Waals surface area contributed by atoms with Crippen LogP contribution in [0.4, 0.5) is 0 Å². The Hall–Kier alpha value is -0.760. The Morgan fingerprint density at radius 2 is 1.33 bits per heavy atom. The summed E-state index contributed by atoms with van der Waals surface area (Å²) in [4.78, 5) is 23.1. The molecule has 0 heterocycles. The van der Waals surface area contributed by atoms with Crippen LogP contribution in [0.5, 0.6) is 0 Å². The molecule has 0 fully saturated rings. The molecular formula is C39H80N2O6P+. The first kappa shape index (κ1) is 33.1. The first-order valence-corrected chi connectivity index (χ1v) is 20.5. The topological polar surface area (TPSA) is 105 Å². The van der Waals surface area contributed by atoms with Gasteiger partial charge in [0.15, 0.2) is 0 Å². The van der Waals surface area contributed by atoms with Gasteiger partial charge < -0.3 is 19.8 Å². The van der Waals surface area contributed by atoms with Crippen LogP contribution in [-0.2, 0) is 18.4 Å². The lowest BCUT2D eigenvalue weighted by Gasteiger charge is -2.25. The van der Waals surface area contributed by atoms with Crippen LogP contribution in [0.2, 0.25) is 0 Å². The van der Waals surface area contributed by atoms with Crippen LogP contribution < -0.4 is 5.32 Å². The Labute approximate surface area is 310 Å². The highest BCUT2D eigenvalue weighted by molar-refractivity contribution is 7.47. The SMILES string of the molecule is [2H]C([2H])([2H])C([2H])([2H])C([2H])([2H])C([2H])([2H])CCCCCCCCCCCC(=O)N[C@@H](COP(=O)(O)OCC[N+](C)(C)C)[C@H](O)/C=C/CCCCCCCCCCCCC. The lowest BCUT2D eigenvalue weighted by Crippen LogP contribution is -2.45. The summed E-state index contributed by atoms with van der Waals surface area (Å²) >= 11 is 0. The predicted octanol–water partition coefficient (Wildman–Crippen LogP) is 10.4. The average molecular weight is 713 g/mol. The van der Waals surface area contributed by atoms with Gasteiger partial charge in [0.05, 0.1) is 39.9 Å². The predicted molar refractivity (Wildman–Crippen MR) is 203 cm³/mol. The van der Waals surface area contributed by atoms with E-state index in [1.54, 1.807) is 6.08 Å². The van der Waals surface area contributed by atoms with Crippen LogP contribution in [0, 0.1) is 0 Å². The second kappa shape index (κ2) is 32.2. The fourth-order valence-corrected chi connectivity index (χ4v) is 6.02. The second-order valence-electron chi connectivity index (χ2n) is 14.1. The summed E-state index contributed by atoms with van der Waals surface area (Å²) in [5, 5.41) is 13.7. The largest absolute Gasteiger partial charge is 0.472 e. The van der Waals surface area contributed by atoms with Gasteiger partial charge in [-0.3, -0.25) is 13.8 Å². The van der Waals surface area contributed by atoms with Gasteiger partial charge in [-0.15, -0.1) is 0 Å². The van der Waals surface area contributed by atoms with Gasteiger partial charge in [-0.1, -0.05) is 167 Å². The van der Waals surface area contributed by atoms with Crippen molar-refractivity contribution in [3.63, 3.8) is 0 Å². The zero-order valence-corrected chi connectivity index (χ0v) is 32.0. The molecule has 0 aromatic carbocycles. The van der Waals surface area contributed by atoms with E-state index in [-0.39, 0.29) is 25.4 Å². The molecule has 0 saturated carbocycles. The first-order chi connectivity index (χ1) is 26.4. The maximum absolute atomic E-state index is 12.9. The highest BCUT2D eigenvalue weighted by atomic mass is 31.2. The number of carbonyl (C=O) groups excluding carboxylic acids is 1. The number of phosphoric ester groups is 1. The van der Waals surface area contributed by atoms with Crippen molar-refractivity contribution in [2.24, 2.45) is 0 Å². The van der Waals surface area contributed by atoms with Crippen molar-refractivity contribution in [1.29, 1.82) is 0 Å². The number of unbranched alkanes of at least 4 members (excludes halogenated alkanes) is 19. The summed E-state index contributed by atoms with van der Waals surface area (Å²) in [6.45, 7) is -0.964. The summed E-state index contributed by atoms with van der Waals surface area (Å²) in [5.74, 6) is -0.295. The Morgan fingerprint density at radius 1 is 0.812 bits per heavy atom. The summed E-state index contributed by atoms with van der Waals surface area (Å²) in [6.07, 6.45) is 14.4. The Kier molecular flexibility index (Phi) is 22.2. The number of hydrogen-bond acceptors (Lipinski definition) is 5. The molecule has 0 aromatic rings. The van der Waals surface area contributed by atoms with E-state index in [1.807, 2.05) is 27.2 Å². The maximum Gasteiger partial charge on any atom is 0.472 e. The number of rotatable bonds is 36. The molecule has 1 unspecified atom stereocenters. The number of aliphatic hydroxyl groups is 1. The molecule has 0 aliphatic rings. The number of carbonyl (C=O) groups is 1. The van der Waals surface area contributed by atoms with Gasteiger partial charge >= 0.3 is 7.82 Å². The minimum atomic E-state index is -4.41. The van der Waals surface area contributed by atoms with Crippen molar-refractivity contribution in [1.82, 2.24) is 5.32 Å². The van der Waals surface area contributed by atoms with E-state index in [2.05, 4.69) is 12.2 Å². The number of amides is 1. The van der Waals surface area contributed by atoms with Crippen LogP contribution >= 0.6 is 7.82 Å². The molecule has 48 heavy (non-hydrogen) atoms. The standard InChI is InChI=1S/C39H79N2O6P/c1-6-8-10-12-14-16-18-20-22-24-26-28-30-32-38(42)37(36-47-48(44,45)46-35-34-41(3,4)5)40-39(43)33-31-29-27-25-23-21-19-17-15-13-11-9-7-2/h30,32,37-38,42H,6-29,31,33-36H2,1-5H3,(H-,40,43,44,45)/p+1/b32-30+/t37-,38+/m0/s1/i2D3,7D2,9D2,11D2. The van der Waals surface area contributed by atoms with Gasteiger partial charge in [-0.2, -0.15) is 0 Å². The third kappa shape index (κ3) is 33.7. The zero-order valence-electron chi connectivity index (χ0n) is 40.1. The number of hydrogen-bond donors (Lipinski definition) is 3. The molecule has 0 aliphatic heterocycles. The number of aliphatic hydroxyl groups excluding tert-OH is 1. The van der Waals surface area contributed by atoms with Crippen molar-refractivity contribution in [3.05, 3.63) is 12.2 Å². The summed E-state index contributed by atoms with van der Waals surface area (Å²) in [6, 6.07) is -0.939. The minimum Gasteiger partial charge on any atom is -0.387 e. The third-order valence-corrected chi connectivity index (χ3v) is 9.34. The first-order valence-electron chi connectivity index (χ1n) is 23.5. The van der Waals surface area contributed by atoms with E-state index in [4.69, 9.17) is 21.4 Å². The van der Waals surface area contributed by atoms with Gasteiger partial charge in [-0.25, -0.2) is 4.57 Å². The number of allylic oxidation sites excluding steroid dienone is 1. The van der Waals surface area contributed by atoms with Crippen LogP contribution in [-0.4, -0.2) is 73.4 Å². The lowest BCUT2D eigenvalue weighted by atomic mass is 10.0. The summed E-state index contributed by atoms with van der Waals surface area (Å²) < 4.78 is 92.7. The van der Waals surface area contributed by atoms with Gasteiger partial charge in [0, 0.05) is 18.8 Å². The molecule has 1 amide bonds. The smallest absolute Gasteiger partial charge is 0.387 e. The Bertz CT molecular complexity index is 1140. The Morgan fingerprint density at radius 3 is 1.88 bits per heavy atom.